The minimum Gasteiger partial charge on any atom is -0.463 e. The molecule has 0 radical (unpaired) electrons. The molecule has 1 saturated heterocycles. The molecule has 2 amide bonds. The maximum absolute atomic E-state index is 14.1. The van der Waals surface area contributed by atoms with Crippen molar-refractivity contribution in [1.29, 1.82) is 0 Å². The number of hydrogen-bond donors (Lipinski definition) is 1. The Balaban J connectivity index is 1.47. The van der Waals surface area contributed by atoms with Crippen LogP contribution >= 0.6 is 15.9 Å². The molecule has 3 aliphatic carbocycles. The largest absolute Gasteiger partial charge is 0.463 e. The van der Waals surface area contributed by atoms with Crippen LogP contribution < -0.4 is 9.80 Å². The molecule has 2 heterocycles. The van der Waals surface area contributed by atoms with Crippen LogP contribution in [0.2, 0.25) is 0 Å². The number of ketones is 2. The van der Waals surface area contributed by atoms with Crippen molar-refractivity contribution in [3.8, 4) is 0 Å². The van der Waals surface area contributed by atoms with Crippen molar-refractivity contribution in [1.82, 2.24) is 0 Å². The highest BCUT2D eigenvalue weighted by Gasteiger charge is 2.57. The fourth-order valence-electron chi connectivity index (χ4n) is 6.88. The first-order valence-electron chi connectivity index (χ1n) is 13.5. The lowest BCUT2D eigenvalue weighted by Gasteiger charge is -2.41. The van der Waals surface area contributed by atoms with E-state index in [0.29, 0.717) is 5.57 Å². The molecule has 1 N–H and O–H groups in total. The fraction of sp³-hybridized carbons (Fsp3) is 0.310. The first-order chi connectivity index (χ1) is 20.8. The van der Waals surface area contributed by atoms with Crippen LogP contribution in [0, 0.1) is 38.0 Å². The fourth-order valence-corrected chi connectivity index (χ4v) is 7.33. The Morgan fingerprint density at radius 2 is 1.70 bits per heavy atom. The van der Waals surface area contributed by atoms with Crippen LogP contribution in [0.5, 0.6) is 0 Å². The first-order valence-corrected chi connectivity index (χ1v) is 14.3. The van der Waals surface area contributed by atoms with Crippen molar-refractivity contribution >= 4 is 62.1 Å². The molecule has 14 nitrogen and oxygen atoms in total. The molecule has 1 fully saturated rings. The number of aliphatic hydroxyl groups is 1. The van der Waals surface area contributed by atoms with Crippen LogP contribution in [0.4, 0.5) is 22.7 Å². The number of imide groups is 1. The van der Waals surface area contributed by atoms with Gasteiger partial charge in [-0.15, -0.1) is 0 Å². The van der Waals surface area contributed by atoms with Gasteiger partial charge < -0.3 is 14.4 Å². The Hall–Kier alpha value is -4.76. The zero-order valence-electron chi connectivity index (χ0n) is 23.2. The van der Waals surface area contributed by atoms with Crippen LogP contribution in [0.3, 0.4) is 0 Å². The molecule has 44 heavy (non-hydrogen) atoms. The molecule has 1 aliphatic heterocycles. The second kappa shape index (κ2) is 10.4. The van der Waals surface area contributed by atoms with Crippen molar-refractivity contribution in [2.24, 2.45) is 17.8 Å². The van der Waals surface area contributed by atoms with Gasteiger partial charge in [-0.2, -0.15) is 0 Å². The number of furan rings is 1. The van der Waals surface area contributed by atoms with E-state index in [1.54, 1.807) is 12.1 Å². The average Bonchev–Trinajstić information content (AvgIpc) is 3.56. The van der Waals surface area contributed by atoms with Crippen molar-refractivity contribution in [3.63, 3.8) is 0 Å². The van der Waals surface area contributed by atoms with E-state index in [4.69, 9.17) is 4.42 Å². The summed E-state index contributed by atoms with van der Waals surface area (Å²) in [5.74, 6) is -5.29. The van der Waals surface area contributed by atoms with Gasteiger partial charge in [0.05, 0.1) is 37.8 Å². The number of nitrogens with zero attached hydrogens (tertiary/aromatic N) is 4. The predicted octanol–water partition coefficient (Wildman–Crippen LogP) is 3.62. The number of fused-ring (bicyclic) bond motifs is 3. The van der Waals surface area contributed by atoms with E-state index in [0.717, 1.165) is 17.0 Å². The van der Waals surface area contributed by atoms with E-state index in [9.17, 15) is 44.5 Å². The summed E-state index contributed by atoms with van der Waals surface area (Å²) in [6, 6.07) is 5.06. The van der Waals surface area contributed by atoms with Gasteiger partial charge >= 0.3 is 11.4 Å². The third-order valence-corrected chi connectivity index (χ3v) is 9.20. The molecule has 0 spiro atoms. The van der Waals surface area contributed by atoms with E-state index >= 15 is 0 Å². The standard InChI is InChI=1S/C29H23BrN4O10/c1-31(2)26-19(33(40)41)7-12(8-20(26)34(42)43)32-28(38)15-5-4-14-16(23(15)29(32)39)9-17-24(21(36)10-18(30)27(17)37)25(14)22-6-3-13(11-35)44-22/h3-4,6-8,10,15-16,23,25,35H,5,9,11H2,1-2H3/t15-,16+,23-,25+/m0/s1. The van der Waals surface area contributed by atoms with Crippen LogP contribution in [-0.4, -0.2) is 52.4 Å². The summed E-state index contributed by atoms with van der Waals surface area (Å²) < 4.78 is 5.86. The lowest BCUT2D eigenvalue weighted by molar-refractivity contribution is -0.392. The smallest absolute Gasteiger partial charge is 0.301 e. The van der Waals surface area contributed by atoms with Gasteiger partial charge in [0.25, 0.3) is 0 Å². The maximum Gasteiger partial charge on any atom is 0.301 e. The maximum atomic E-state index is 14.1. The summed E-state index contributed by atoms with van der Waals surface area (Å²) in [4.78, 5) is 78.7. The summed E-state index contributed by atoms with van der Waals surface area (Å²) in [6.07, 6.45) is 2.97. The highest BCUT2D eigenvalue weighted by Crippen LogP contribution is 2.56. The number of carbonyl (C=O) groups is 4. The average molecular weight is 667 g/mol. The Morgan fingerprint density at radius 1 is 1.05 bits per heavy atom. The normalized spacial score (nSPS) is 24.5. The number of aliphatic hydroxyl groups excluding tert-OH is 1. The Bertz CT molecular complexity index is 1780. The van der Waals surface area contributed by atoms with Gasteiger partial charge in [-0.3, -0.25) is 39.4 Å². The second-order valence-electron chi connectivity index (χ2n) is 11.1. The van der Waals surface area contributed by atoms with Crippen LogP contribution in [0.25, 0.3) is 0 Å². The van der Waals surface area contributed by atoms with E-state index in [1.807, 2.05) is 0 Å². The monoisotopic (exact) mass is 666 g/mol. The molecule has 15 heteroatoms. The highest BCUT2D eigenvalue weighted by atomic mass is 79.9. The molecule has 0 bridgehead atoms. The van der Waals surface area contributed by atoms with Crippen molar-refractivity contribution in [2.45, 2.75) is 25.4 Å². The summed E-state index contributed by atoms with van der Waals surface area (Å²) in [7, 11) is 2.80. The van der Waals surface area contributed by atoms with Gasteiger partial charge in [0, 0.05) is 43.5 Å². The van der Waals surface area contributed by atoms with Gasteiger partial charge in [-0.1, -0.05) is 11.6 Å². The predicted molar refractivity (Wildman–Crippen MR) is 156 cm³/mol. The molecule has 4 atom stereocenters. The minimum atomic E-state index is -1.02. The third kappa shape index (κ3) is 4.25. The van der Waals surface area contributed by atoms with Crippen molar-refractivity contribution < 1.29 is 38.5 Å². The number of Topliss-reactive ketones (excluding diaryl/α,β-unsaturated/α-hetero) is 1. The van der Waals surface area contributed by atoms with Crippen molar-refractivity contribution in [3.05, 3.63) is 89.4 Å². The van der Waals surface area contributed by atoms with Crippen LogP contribution in [-0.2, 0) is 25.8 Å². The summed E-state index contributed by atoms with van der Waals surface area (Å²) in [6.45, 7) is -0.406. The minimum absolute atomic E-state index is 0.0351. The summed E-state index contributed by atoms with van der Waals surface area (Å²) in [5.41, 5.74) is -0.946. The lowest BCUT2D eigenvalue weighted by atomic mass is 9.60. The Morgan fingerprint density at radius 3 is 2.27 bits per heavy atom. The number of nitro groups is 2. The van der Waals surface area contributed by atoms with Crippen LogP contribution in [0.1, 0.15) is 30.3 Å². The van der Waals surface area contributed by atoms with Gasteiger partial charge in [-0.05, 0) is 46.8 Å². The van der Waals surface area contributed by atoms with E-state index in [1.165, 1.54) is 31.1 Å². The van der Waals surface area contributed by atoms with Gasteiger partial charge in [0.2, 0.25) is 11.8 Å². The zero-order chi connectivity index (χ0) is 31.8. The number of carbonyl (C=O) groups excluding carboxylic acids is 4. The van der Waals surface area contributed by atoms with Crippen LogP contribution in [0.15, 0.2) is 62.0 Å². The van der Waals surface area contributed by atoms with E-state index in [2.05, 4.69) is 15.9 Å². The summed E-state index contributed by atoms with van der Waals surface area (Å²) in [5, 5.41) is 33.5. The van der Waals surface area contributed by atoms with Gasteiger partial charge in [-0.25, -0.2) is 4.90 Å². The molecular formula is C29H23BrN4O10. The second-order valence-corrected chi connectivity index (χ2v) is 12.0. The molecule has 226 valence electrons. The third-order valence-electron chi connectivity index (χ3n) is 8.61. The number of nitro benzene ring substituents is 2. The molecule has 0 unspecified atom stereocenters. The van der Waals surface area contributed by atoms with Crippen molar-refractivity contribution in [2.75, 3.05) is 23.9 Å². The molecule has 4 aliphatic rings. The van der Waals surface area contributed by atoms with Gasteiger partial charge in [0.15, 0.2) is 17.3 Å². The Kier molecular flexibility index (Phi) is 6.96. The number of amides is 2. The molecule has 1 aromatic heterocycles. The number of rotatable bonds is 6. The van der Waals surface area contributed by atoms with E-state index < -0.39 is 74.9 Å². The topological polar surface area (TPSA) is 194 Å². The SMILES string of the molecule is CN(C)c1c([N+](=O)[O-])cc(N2C(=O)[C@H]3[C@H](CC=C4[C@H](c5ccc(CO)o5)C5=C(C[C@H]43)C(=O)C(Br)=CC5=O)C2=O)cc1[N+](=O)[O-]. The molecule has 6 rings (SSSR count). The molecule has 1 aromatic carbocycles. The number of hydrogen-bond acceptors (Lipinski definition) is 11. The zero-order valence-corrected chi connectivity index (χ0v) is 24.8. The number of anilines is 2. The molecule has 0 saturated carbocycles. The number of allylic oxidation sites excluding steroid dienone is 6. The quantitative estimate of drug-likeness (QED) is 0.155. The summed E-state index contributed by atoms with van der Waals surface area (Å²) >= 11 is 3.15. The molecule has 2 aromatic rings. The van der Waals surface area contributed by atoms with E-state index in [-0.39, 0.29) is 51.4 Å². The van der Waals surface area contributed by atoms with Gasteiger partial charge in [0.1, 0.15) is 18.1 Å². The number of halogens is 1. The first kappa shape index (κ1) is 29.3. The Labute approximate surface area is 256 Å². The number of benzene rings is 1. The highest BCUT2D eigenvalue weighted by molar-refractivity contribution is 9.12. The lowest BCUT2D eigenvalue weighted by Crippen LogP contribution is -2.39. The molecular weight excluding hydrogens is 644 g/mol.